The van der Waals surface area contributed by atoms with Gasteiger partial charge >= 0.3 is 0 Å². The number of fused-ring (bicyclic) bond motifs is 13. The Kier molecular flexibility index (Phi) is 6.21. The molecule has 1 aliphatic carbocycles. The molecule has 1 aliphatic rings. The van der Waals surface area contributed by atoms with Crippen LogP contribution in [0.2, 0.25) is 0 Å². The lowest BCUT2D eigenvalue weighted by atomic mass is 9.82. The summed E-state index contributed by atoms with van der Waals surface area (Å²) in [5.41, 5.74) is 12.4. The average molecular weight is 683 g/mol. The number of anilines is 3. The Balaban J connectivity index is 1.24. The topological polar surface area (TPSA) is 8.17 Å². The molecule has 2 nitrogen and oxygen atoms in total. The molecule has 8 aromatic carbocycles. The van der Waals surface area contributed by atoms with Crippen molar-refractivity contribution in [3.05, 3.63) is 181 Å². The van der Waals surface area contributed by atoms with Crippen LogP contribution in [-0.2, 0) is 5.41 Å². The maximum atomic E-state index is 2.50. The van der Waals surface area contributed by atoms with Gasteiger partial charge < -0.3 is 9.47 Å². The van der Waals surface area contributed by atoms with Gasteiger partial charge in [-0.3, -0.25) is 0 Å². The first-order chi connectivity index (χ1) is 25.6. The maximum Gasteiger partial charge on any atom is 0.0726 e. The van der Waals surface area contributed by atoms with Gasteiger partial charge in [0.1, 0.15) is 0 Å². The van der Waals surface area contributed by atoms with Gasteiger partial charge in [-0.2, -0.15) is 0 Å². The minimum Gasteiger partial charge on any atom is -0.310 e. The van der Waals surface area contributed by atoms with Crippen LogP contribution < -0.4 is 4.90 Å². The van der Waals surface area contributed by atoms with Crippen molar-refractivity contribution < 1.29 is 0 Å². The van der Waals surface area contributed by atoms with Crippen LogP contribution in [0.25, 0.3) is 69.6 Å². The summed E-state index contributed by atoms with van der Waals surface area (Å²) in [5, 5.41) is 7.81. The molecule has 0 N–H and O–H groups in total. The third-order valence-corrected chi connectivity index (χ3v) is 12.5. The molecular weight excluding hydrogens is 649 g/mol. The third-order valence-electron chi connectivity index (χ3n) is 11.3. The van der Waals surface area contributed by atoms with Gasteiger partial charge in [0, 0.05) is 54.4 Å². The number of aromatic nitrogens is 1. The number of para-hydroxylation sites is 2. The van der Waals surface area contributed by atoms with E-state index < -0.39 is 0 Å². The molecule has 0 aliphatic heterocycles. The van der Waals surface area contributed by atoms with Gasteiger partial charge in [-0.05, 0) is 93.7 Å². The zero-order valence-corrected chi connectivity index (χ0v) is 29.8. The molecule has 52 heavy (non-hydrogen) atoms. The van der Waals surface area contributed by atoms with Crippen LogP contribution in [0.1, 0.15) is 25.0 Å². The van der Waals surface area contributed by atoms with E-state index in [4.69, 9.17) is 0 Å². The molecule has 0 amide bonds. The molecular formula is C49H34N2S. The van der Waals surface area contributed by atoms with Crippen LogP contribution in [0, 0.1) is 0 Å². The van der Waals surface area contributed by atoms with E-state index in [9.17, 15) is 0 Å². The smallest absolute Gasteiger partial charge is 0.0726 e. The van der Waals surface area contributed by atoms with Gasteiger partial charge in [-0.1, -0.05) is 123 Å². The van der Waals surface area contributed by atoms with E-state index in [1.165, 1.54) is 80.7 Å². The fourth-order valence-corrected chi connectivity index (χ4v) is 10.3. The summed E-state index contributed by atoms with van der Waals surface area (Å²) in [4.78, 5) is 2.44. The van der Waals surface area contributed by atoms with Crippen molar-refractivity contribution >= 4 is 81.1 Å². The SMILES string of the molecule is CC1(C)c2ccccc2-c2ccc(N(c3ccccc3)c3ccc4c(c3)c3c5ccccc5c5c6ccccc6sc5c3n4-c3ccccc3)cc21. The van der Waals surface area contributed by atoms with E-state index in [0.717, 1.165) is 17.1 Å². The molecule has 246 valence electrons. The number of rotatable bonds is 4. The zero-order chi connectivity index (χ0) is 34.6. The Morgan fingerprint density at radius 3 is 1.90 bits per heavy atom. The van der Waals surface area contributed by atoms with E-state index in [-0.39, 0.29) is 5.41 Å². The van der Waals surface area contributed by atoms with E-state index in [1.54, 1.807) is 0 Å². The molecule has 0 spiro atoms. The largest absolute Gasteiger partial charge is 0.310 e. The molecule has 2 aromatic heterocycles. The highest BCUT2D eigenvalue weighted by molar-refractivity contribution is 7.27. The molecule has 0 bridgehead atoms. The van der Waals surface area contributed by atoms with Gasteiger partial charge in [0.2, 0.25) is 0 Å². The summed E-state index contributed by atoms with van der Waals surface area (Å²) in [6.45, 7) is 4.72. The van der Waals surface area contributed by atoms with Crippen molar-refractivity contribution in [2.24, 2.45) is 0 Å². The van der Waals surface area contributed by atoms with Crippen LogP contribution in [-0.4, -0.2) is 4.57 Å². The quantitative estimate of drug-likeness (QED) is 0.179. The van der Waals surface area contributed by atoms with Crippen LogP contribution in [0.4, 0.5) is 17.1 Å². The maximum absolute atomic E-state index is 2.50. The molecule has 11 rings (SSSR count). The van der Waals surface area contributed by atoms with Crippen molar-refractivity contribution in [2.45, 2.75) is 19.3 Å². The van der Waals surface area contributed by atoms with Crippen molar-refractivity contribution in [3.8, 4) is 16.8 Å². The van der Waals surface area contributed by atoms with Crippen LogP contribution >= 0.6 is 11.3 Å². The van der Waals surface area contributed by atoms with E-state index >= 15 is 0 Å². The first-order valence-electron chi connectivity index (χ1n) is 18.0. The molecule has 3 heteroatoms. The molecule has 0 saturated carbocycles. The van der Waals surface area contributed by atoms with Gasteiger partial charge in [-0.15, -0.1) is 11.3 Å². The van der Waals surface area contributed by atoms with Crippen molar-refractivity contribution in [3.63, 3.8) is 0 Å². The number of hydrogen-bond acceptors (Lipinski definition) is 2. The summed E-state index contributed by atoms with van der Waals surface area (Å²) < 4.78 is 5.15. The fourth-order valence-electron chi connectivity index (χ4n) is 9.01. The molecule has 0 fully saturated rings. The first-order valence-corrected chi connectivity index (χ1v) is 18.8. The predicted octanol–water partition coefficient (Wildman–Crippen LogP) is 14.1. The van der Waals surface area contributed by atoms with E-state index in [0.29, 0.717) is 0 Å². The van der Waals surface area contributed by atoms with Crippen molar-refractivity contribution in [2.75, 3.05) is 4.90 Å². The first kappa shape index (κ1) is 29.6. The van der Waals surface area contributed by atoms with E-state index in [2.05, 4.69) is 193 Å². The summed E-state index contributed by atoms with van der Waals surface area (Å²) in [6, 6.07) is 62.6. The summed E-state index contributed by atoms with van der Waals surface area (Å²) in [5.74, 6) is 0. The molecule has 0 atom stereocenters. The van der Waals surface area contributed by atoms with Gasteiger partial charge in [0.05, 0.1) is 15.7 Å². The summed E-state index contributed by atoms with van der Waals surface area (Å²) in [7, 11) is 0. The number of hydrogen-bond donors (Lipinski definition) is 0. The summed E-state index contributed by atoms with van der Waals surface area (Å²) in [6.07, 6.45) is 0. The second kappa shape index (κ2) is 10.9. The number of thiophene rings is 1. The standard InChI is InChI=1S/C49H34N2S/c1-49(2)41-23-13-11-19-35(41)36-27-25-34(30-42(36)49)50(31-15-5-3-6-16-31)33-26-28-43-40(29-33)45-37-20-9-10-21-38(37)46-39-22-12-14-24-44(39)52-48(46)47(45)51(43)32-17-7-4-8-18-32/h3-30H,1-2H3. The average Bonchev–Trinajstić information content (AvgIpc) is 3.82. The lowest BCUT2D eigenvalue weighted by Crippen LogP contribution is -2.16. The van der Waals surface area contributed by atoms with Gasteiger partial charge in [0.25, 0.3) is 0 Å². The van der Waals surface area contributed by atoms with Crippen molar-refractivity contribution in [1.82, 2.24) is 4.57 Å². The Morgan fingerprint density at radius 2 is 1.10 bits per heavy atom. The lowest BCUT2D eigenvalue weighted by molar-refractivity contribution is 0.660. The fraction of sp³-hybridized carbons (Fsp3) is 0.0612. The monoisotopic (exact) mass is 682 g/mol. The van der Waals surface area contributed by atoms with Gasteiger partial charge in [0.15, 0.2) is 0 Å². The van der Waals surface area contributed by atoms with Crippen LogP contribution in [0.3, 0.4) is 0 Å². The highest BCUT2D eigenvalue weighted by Crippen LogP contribution is 2.52. The third kappa shape index (κ3) is 4.06. The molecule has 10 aromatic rings. The minimum absolute atomic E-state index is 0.0914. The Morgan fingerprint density at radius 1 is 0.481 bits per heavy atom. The number of nitrogens with zero attached hydrogens (tertiary/aromatic N) is 2. The molecule has 0 saturated heterocycles. The van der Waals surface area contributed by atoms with Crippen LogP contribution in [0.15, 0.2) is 170 Å². The lowest BCUT2D eigenvalue weighted by Gasteiger charge is -2.28. The second-order valence-corrected chi connectivity index (χ2v) is 15.6. The Hall–Kier alpha value is -6.16. The number of benzene rings is 8. The Labute approximate surface area is 306 Å². The molecule has 0 unspecified atom stereocenters. The van der Waals surface area contributed by atoms with Gasteiger partial charge in [-0.25, -0.2) is 0 Å². The highest BCUT2D eigenvalue weighted by Gasteiger charge is 2.36. The summed E-state index contributed by atoms with van der Waals surface area (Å²) >= 11 is 1.91. The molecule has 2 heterocycles. The van der Waals surface area contributed by atoms with Crippen LogP contribution in [0.5, 0.6) is 0 Å². The Bertz CT molecular complexity index is 3040. The van der Waals surface area contributed by atoms with Crippen molar-refractivity contribution in [1.29, 1.82) is 0 Å². The zero-order valence-electron chi connectivity index (χ0n) is 29.0. The highest BCUT2D eigenvalue weighted by atomic mass is 32.1. The predicted molar refractivity (Wildman–Crippen MR) is 223 cm³/mol. The second-order valence-electron chi connectivity index (χ2n) is 14.5. The molecule has 0 radical (unpaired) electrons. The van der Waals surface area contributed by atoms with E-state index in [1.807, 2.05) is 11.3 Å². The normalized spacial score (nSPS) is 13.3. The minimum atomic E-state index is -0.0914.